The zero-order chi connectivity index (χ0) is 21.9. The molecule has 0 saturated carbocycles. The third kappa shape index (κ3) is 4.18. The molecule has 10 heteroatoms. The van der Waals surface area contributed by atoms with Crippen molar-refractivity contribution < 1.29 is 27.7 Å². The Bertz CT molecular complexity index is 1050. The van der Waals surface area contributed by atoms with E-state index < -0.39 is 38.8 Å². The Kier molecular flexibility index (Phi) is 6.16. The Labute approximate surface area is 173 Å². The molecule has 158 valence electrons. The van der Waals surface area contributed by atoms with Crippen LogP contribution in [-0.4, -0.2) is 35.6 Å². The lowest BCUT2D eigenvalue weighted by molar-refractivity contribution is -0.384. The average Bonchev–Trinajstić information content (AvgIpc) is 3.10. The summed E-state index contributed by atoms with van der Waals surface area (Å²) >= 11 is 0. The number of non-ortho nitro benzene ring substituents is 1. The smallest absolute Gasteiger partial charge is 0.330 e. The molecular weight excluding hydrogens is 412 g/mol. The van der Waals surface area contributed by atoms with Gasteiger partial charge in [-0.05, 0) is 30.5 Å². The van der Waals surface area contributed by atoms with Crippen LogP contribution in [-0.2, 0) is 31.0 Å². The lowest BCUT2D eigenvalue weighted by atomic mass is 10.0. The minimum Gasteiger partial charge on any atom is -0.459 e. The van der Waals surface area contributed by atoms with Crippen molar-refractivity contribution in [3.63, 3.8) is 0 Å². The highest BCUT2D eigenvalue weighted by atomic mass is 32.2. The predicted molar refractivity (Wildman–Crippen MR) is 106 cm³/mol. The van der Waals surface area contributed by atoms with Crippen molar-refractivity contribution in [3.05, 3.63) is 70.3 Å². The maximum atomic E-state index is 13.1. The number of hydrogen-bond acceptors (Lipinski definition) is 7. The van der Waals surface area contributed by atoms with E-state index in [4.69, 9.17) is 4.74 Å². The molecule has 2 aromatic carbocycles. The van der Waals surface area contributed by atoms with Crippen LogP contribution in [0.4, 0.5) is 5.69 Å². The summed E-state index contributed by atoms with van der Waals surface area (Å²) in [6.45, 7) is 1.68. The number of carbonyl (C=O) groups is 2. The van der Waals surface area contributed by atoms with E-state index in [1.807, 2.05) is 6.07 Å². The van der Waals surface area contributed by atoms with E-state index in [2.05, 4.69) is 0 Å². The molecule has 9 nitrogen and oxygen atoms in total. The number of benzene rings is 2. The highest BCUT2D eigenvalue weighted by Crippen LogP contribution is 2.33. The second kappa shape index (κ2) is 8.62. The number of hydrogen-bond donors (Lipinski definition) is 0. The van der Waals surface area contributed by atoms with Gasteiger partial charge in [0, 0.05) is 18.1 Å². The second-order valence-electron chi connectivity index (χ2n) is 6.84. The molecule has 1 saturated heterocycles. The molecule has 1 aliphatic rings. The van der Waals surface area contributed by atoms with Crippen LogP contribution < -0.4 is 0 Å². The van der Waals surface area contributed by atoms with Gasteiger partial charge in [0.1, 0.15) is 12.6 Å². The molecule has 1 amide bonds. The lowest BCUT2D eigenvalue weighted by Crippen LogP contribution is -2.43. The van der Waals surface area contributed by atoms with Gasteiger partial charge in [0.15, 0.2) is 0 Å². The van der Waals surface area contributed by atoms with E-state index in [9.17, 15) is 28.1 Å². The third-order valence-corrected chi connectivity index (χ3v) is 6.77. The van der Waals surface area contributed by atoms with E-state index in [0.29, 0.717) is 10.7 Å². The molecule has 0 aromatic heterocycles. The highest BCUT2D eigenvalue weighted by molar-refractivity contribution is 7.89. The van der Waals surface area contributed by atoms with Crippen LogP contribution in [0.15, 0.2) is 59.5 Å². The summed E-state index contributed by atoms with van der Waals surface area (Å²) < 4.78 is 32.1. The fourth-order valence-electron chi connectivity index (χ4n) is 3.30. The maximum Gasteiger partial charge on any atom is 0.330 e. The molecule has 1 aliphatic heterocycles. The van der Waals surface area contributed by atoms with Crippen molar-refractivity contribution in [1.29, 1.82) is 0 Å². The predicted octanol–water partition coefficient (Wildman–Crippen LogP) is 2.65. The number of amides is 1. The normalized spacial score (nSPS) is 19.0. The summed E-state index contributed by atoms with van der Waals surface area (Å²) in [6.07, 6.45) is 0.392. The largest absolute Gasteiger partial charge is 0.459 e. The number of nitrogens with zero attached hydrogens (tertiary/aromatic N) is 2. The van der Waals surface area contributed by atoms with Gasteiger partial charge >= 0.3 is 5.97 Å². The molecule has 0 spiro atoms. The molecule has 2 atom stereocenters. The average molecular weight is 432 g/mol. The van der Waals surface area contributed by atoms with Crippen molar-refractivity contribution in [2.24, 2.45) is 5.92 Å². The second-order valence-corrected chi connectivity index (χ2v) is 8.66. The number of nitro benzene ring substituents is 1. The van der Waals surface area contributed by atoms with Crippen LogP contribution in [0, 0.1) is 16.0 Å². The Morgan fingerprint density at radius 3 is 2.37 bits per heavy atom. The zero-order valence-electron chi connectivity index (χ0n) is 16.1. The number of nitro groups is 1. The van der Waals surface area contributed by atoms with Crippen molar-refractivity contribution in [2.75, 3.05) is 0 Å². The third-order valence-electron chi connectivity index (χ3n) is 4.95. The summed E-state index contributed by atoms with van der Waals surface area (Å²) in [7, 11) is -4.39. The Morgan fingerprint density at radius 1 is 1.17 bits per heavy atom. The SMILES string of the molecule is CCC1CC(C(=O)OCc2ccccc2)N(S(=O)(=O)c2ccc([N+](=O)[O-])cc2)C1=O. The molecule has 3 rings (SSSR count). The summed E-state index contributed by atoms with van der Waals surface area (Å²) in [6, 6.07) is 11.8. The number of rotatable bonds is 7. The Morgan fingerprint density at radius 2 is 1.80 bits per heavy atom. The monoisotopic (exact) mass is 432 g/mol. The molecule has 0 aliphatic carbocycles. The zero-order valence-corrected chi connectivity index (χ0v) is 16.9. The van der Waals surface area contributed by atoms with Crippen LogP contribution >= 0.6 is 0 Å². The minimum atomic E-state index is -4.39. The Hall–Kier alpha value is -3.27. The van der Waals surface area contributed by atoms with Gasteiger partial charge in [-0.3, -0.25) is 14.9 Å². The lowest BCUT2D eigenvalue weighted by Gasteiger charge is -2.23. The first-order valence-electron chi connectivity index (χ1n) is 9.29. The molecule has 0 radical (unpaired) electrons. The van der Waals surface area contributed by atoms with Gasteiger partial charge < -0.3 is 4.74 Å². The van der Waals surface area contributed by atoms with Gasteiger partial charge in [0.25, 0.3) is 15.7 Å². The maximum absolute atomic E-state index is 13.1. The topological polar surface area (TPSA) is 124 Å². The summed E-state index contributed by atoms with van der Waals surface area (Å²) in [5, 5.41) is 10.8. The number of carbonyl (C=O) groups excluding carboxylic acids is 2. The summed E-state index contributed by atoms with van der Waals surface area (Å²) in [5.74, 6) is -2.13. The van der Waals surface area contributed by atoms with E-state index in [1.54, 1.807) is 31.2 Å². The first kappa shape index (κ1) is 21.4. The molecular formula is C20H20N2O7S. The number of ether oxygens (including phenoxy) is 1. The fraction of sp³-hybridized carbons (Fsp3) is 0.300. The Balaban J connectivity index is 1.87. The summed E-state index contributed by atoms with van der Waals surface area (Å²) in [5.41, 5.74) is 0.443. The van der Waals surface area contributed by atoms with E-state index in [-0.39, 0.29) is 23.6 Å². The molecule has 2 aromatic rings. The van der Waals surface area contributed by atoms with Gasteiger partial charge in [0.05, 0.1) is 9.82 Å². The van der Waals surface area contributed by atoms with E-state index in [0.717, 1.165) is 29.8 Å². The van der Waals surface area contributed by atoms with Crippen molar-refractivity contribution >= 4 is 27.6 Å². The van der Waals surface area contributed by atoms with Crippen LogP contribution in [0.25, 0.3) is 0 Å². The van der Waals surface area contributed by atoms with Crippen molar-refractivity contribution in [1.82, 2.24) is 4.31 Å². The van der Waals surface area contributed by atoms with E-state index in [1.165, 1.54) is 0 Å². The fourth-order valence-corrected chi connectivity index (χ4v) is 4.90. The van der Waals surface area contributed by atoms with Crippen molar-refractivity contribution in [3.8, 4) is 0 Å². The van der Waals surface area contributed by atoms with Gasteiger partial charge in [-0.25, -0.2) is 17.5 Å². The molecule has 0 N–H and O–H groups in total. The standard InChI is InChI=1S/C20H20N2O7S/c1-2-15-12-18(20(24)29-13-14-6-4-3-5-7-14)21(19(15)23)30(27,28)17-10-8-16(9-11-17)22(25)26/h3-11,15,18H,2,12-13H2,1H3. The van der Waals surface area contributed by atoms with Gasteiger partial charge in [-0.15, -0.1) is 0 Å². The number of sulfonamides is 1. The highest BCUT2D eigenvalue weighted by Gasteiger charge is 2.49. The molecule has 0 bridgehead atoms. The molecule has 1 fully saturated rings. The van der Waals surface area contributed by atoms with Gasteiger partial charge in [-0.1, -0.05) is 37.3 Å². The number of esters is 1. The minimum absolute atomic E-state index is 0.0230. The quantitative estimate of drug-likeness (QED) is 0.374. The van der Waals surface area contributed by atoms with Crippen molar-refractivity contribution in [2.45, 2.75) is 37.3 Å². The van der Waals surface area contributed by atoms with Gasteiger partial charge in [-0.2, -0.15) is 0 Å². The first-order chi connectivity index (χ1) is 14.3. The molecule has 30 heavy (non-hydrogen) atoms. The van der Waals surface area contributed by atoms with Gasteiger partial charge in [0.2, 0.25) is 5.91 Å². The van der Waals surface area contributed by atoms with Crippen LogP contribution in [0.2, 0.25) is 0 Å². The van der Waals surface area contributed by atoms with Crippen LogP contribution in [0.3, 0.4) is 0 Å². The molecule has 1 heterocycles. The summed E-state index contributed by atoms with van der Waals surface area (Å²) in [4.78, 5) is 35.3. The first-order valence-corrected chi connectivity index (χ1v) is 10.7. The molecule has 2 unspecified atom stereocenters. The van der Waals surface area contributed by atoms with Crippen LogP contribution in [0.5, 0.6) is 0 Å². The van der Waals surface area contributed by atoms with Crippen LogP contribution in [0.1, 0.15) is 25.3 Å². The van der Waals surface area contributed by atoms with E-state index >= 15 is 0 Å².